The number of hydrogen-bond acceptors (Lipinski definition) is 4. The zero-order valence-corrected chi connectivity index (χ0v) is 12.1. The number of para-hydroxylation sites is 1. The summed E-state index contributed by atoms with van der Waals surface area (Å²) in [5.74, 6) is 0.703. The van der Waals surface area contributed by atoms with Gasteiger partial charge in [-0.25, -0.2) is 4.79 Å². The van der Waals surface area contributed by atoms with Gasteiger partial charge in [-0.1, -0.05) is 18.2 Å². The van der Waals surface area contributed by atoms with Crippen molar-refractivity contribution < 1.29 is 19.1 Å². The van der Waals surface area contributed by atoms with E-state index >= 15 is 0 Å². The number of amides is 1. The number of likely N-dealkylation sites (tertiary alicyclic amines) is 1. The number of piperidine rings is 1. The standard InChI is InChI=1S/C16H19NO4/c1-20-15(19)17-8-6-16(7-9-17)13(11-18)10-12-4-2-3-5-14(12)21-16/h2-5,11,13H,6-10H2,1H3. The highest BCUT2D eigenvalue weighted by Gasteiger charge is 2.47. The summed E-state index contributed by atoms with van der Waals surface area (Å²) in [5.41, 5.74) is 0.594. The van der Waals surface area contributed by atoms with E-state index in [1.807, 2.05) is 24.3 Å². The first kappa shape index (κ1) is 13.9. The summed E-state index contributed by atoms with van der Waals surface area (Å²) < 4.78 is 11.0. The minimum absolute atomic E-state index is 0.160. The molecule has 5 nitrogen and oxygen atoms in total. The van der Waals surface area contributed by atoms with Gasteiger partial charge in [0.1, 0.15) is 17.6 Å². The van der Waals surface area contributed by atoms with Gasteiger partial charge in [-0.05, 0) is 18.1 Å². The Balaban J connectivity index is 1.81. The van der Waals surface area contributed by atoms with Crippen LogP contribution in [0.5, 0.6) is 5.75 Å². The number of benzene rings is 1. The van der Waals surface area contributed by atoms with Gasteiger partial charge in [0, 0.05) is 25.9 Å². The smallest absolute Gasteiger partial charge is 0.409 e. The zero-order chi connectivity index (χ0) is 14.9. The molecule has 0 aliphatic carbocycles. The van der Waals surface area contributed by atoms with E-state index in [-0.39, 0.29) is 12.0 Å². The molecule has 2 aliphatic heterocycles. The Morgan fingerprint density at radius 1 is 1.38 bits per heavy atom. The van der Waals surface area contributed by atoms with Gasteiger partial charge in [-0.3, -0.25) is 0 Å². The molecule has 0 saturated carbocycles. The van der Waals surface area contributed by atoms with Gasteiger partial charge < -0.3 is 19.2 Å². The van der Waals surface area contributed by atoms with Crippen LogP contribution < -0.4 is 4.74 Å². The third-order valence-corrected chi connectivity index (χ3v) is 4.61. The molecule has 1 saturated heterocycles. The Morgan fingerprint density at radius 3 is 2.76 bits per heavy atom. The van der Waals surface area contributed by atoms with E-state index in [4.69, 9.17) is 9.47 Å². The molecule has 1 unspecified atom stereocenters. The third kappa shape index (κ3) is 2.37. The van der Waals surface area contributed by atoms with Gasteiger partial charge in [-0.15, -0.1) is 0 Å². The molecule has 1 atom stereocenters. The van der Waals surface area contributed by atoms with Gasteiger partial charge in [0.15, 0.2) is 0 Å². The maximum Gasteiger partial charge on any atom is 0.409 e. The molecular formula is C16H19NO4. The summed E-state index contributed by atoms with van der Waals surface area (Å²) in [5, 5.41) is 0. The summed E-state index contributed by atoms with van der Waals surface area (Å²) in [6.07, 6.45) is 2.70. The molecular weight excluding hydrogens is 270 g/mol. The first-order valence-corrected chi connectivity index (χ1v) is 7.23. The summed E-state index contributed by atoms with van der Waals surface area (Å²) in [6.45, 7) is 1.11. The number of fused-ring (bicyclic) bond motifs is 1. The van der Waals surface area contributed by atoms with Crippen molar-refractivity contribution in [1.82, 2.24) is 4.90 Å². The highest BCUT2D eigenvalue weighted by molar-refractivity contribution is 5.67. The van der Waals surface area contributed by atoms with Gasteiger partial charge in [0.2, 0.25) is 0 Å². The quantitative estimate of drug-likeness (QED) is 0.742. The van der Waals surface area contributed by atoms with Crippen molar-refractivity contribution in [2.24, 2.45) is 5.92 Å². The maximum atomic E-state index is 11.6. The van der Waals surface area contributed by atoms with Crippen molar-refractivity contribution in [2.45, 2.75) is 24.9 Å². The van der Waals surface area contributed by atoms with Crippen molar-refractivity contribution in [3.63, 3.8) is 0 Å². The number of nitrogens with zero attached hydrogens (tertiary/aromatic N) is 1. The second kappa shape index (κ2) is 5.39. The molecule has 1 aromatic carbocycles. The molecule has 5 heteroatoms. The van der Waals surface area contributed by atoms with Crippen molar-refractivity contribution in [2.75, 3.05) is 20.2 Å². The Kier molecular flexibility index (Phi) is 3.57. The van der Waals surface area contributed by atoms with Crippen molar-refractivity contribution >= 4 is 12.4 Å². The van der Waals surface area contributed by atoms with Crippen LogP contribution in [0.2, 0.25) is 0 Å². The van der Waals surface area contributed by atoms with Crippen LogP contribution in [-0.2, 0) is 16.0 Å². The molecule has 0 radical (unpaired) electrons. The van der Waals surface area contributed by atoms with Crippen LogP contribution in [0.1, 0.15) is 18.4 Å². The average molecular weight is 289 g/mol. The first-order valence-electron chi connectivity index (χ1n) is 7.23. The topological polar surface area (TPSA) is 55.8 Å². The fourth-order valence-corrected chi connectivity index (χ4v) is 3.33. The number of methoxy groups -OCH3 is 1. The summed E-state index contributed by atoms with van der Waals surface area (Å²) in [7, 11) is 1.38. The normalized spacial score (nSPS) is 23.1. The lowest BCUT2D eigenvalue weighted by Crippen LogP contribution is -2.56. The number of hydrogen-bond donors (Lipinski definition) is 0. The molecule has 0 bridgehead atoms. The van der Waals surface area contributed by atoms with E-state index < -0.39 is 5.60 Å². The second-order valence-electron chi connectivity index (χ2n) is 5.68. The van der Waals surface area contributed by atoms with Gasteiger partial charge in [0.25, 0.3) is 0 Å². The largest absolute Gasteiger partial charge is 0.486 e. The predicted molar refractivity (Wildman–Crippen MR) is 76.3 cm³/mol. The number of rotatable bonds is 1. The number of carbonyl (C=O) groups excluding carboxylic acids is 2. The molecule has 2 aliphatic rings. The number of ether oxygens (including phenoxy) is 2. The Morgan fingerprint density at radius 2 is 2.10 bits per heavy atom. The Labute approximate surface area is 123 Å². The molecule has 3 rings (SSSR count). The van der Waals surface area contributed by atoms with Crippen molar-refractivity contribution in [1.29, 1.82) is 0 Å². The highest BCUT2D eigenvalue weighted by atomic mass is 16.5. The zero-order valence-electron chi connectivity index (χ0n) is 12.1. The lowest BCUT2D eigenvalue weighted by Gasteiger charge is -2.47. The lowest BCUT2D eigenvalue weighted by atomic mass is 9.75. The molecule has 0 N–H and O–H groups in total. The van der Waals surface area contributed by atoms with E-state index in [1.165, 1.54) is 7.11 Å². The van der Waals surface area contributed by atoms with Crippen LogP contribution in [0.3, 0.4) is 0 Å². The maximum absolute atomic E-state index is 11.6. The van der Waals surface area contributed by atoms with Crippen molar-refractivity contribution in [3.8, 4) is 5.75 Å². The summed E-state index contributed by atoms with van der Waals surface area (Å²) in [6, 6.07) is 7.85. The fourth-order valence-electron chi connectivity index (χ4n) is 3.33. The minimum Gasteiger partial charge on any atom is -0.486 e. The third-order valence-electron chi connectivity index (χ3n) is 4.61. The van der Waals surface area contributed by atoms with Crippen LogP contribution in [0.15, 0.2) is 24.3 Å². The van der Waals surface area contributed by atoms with E-state index in [0.717, 1.165) is 17.6 Å². The monoisotopic (exact) mass is 289 g/mol. The van der Waals surface area contributed by atoms with Gasteiger partial charge >= 0.3 is 6.09 Å². The molecule has 1 fully saturated rings. The summed E-state index contributed by atoms with van der Waals surface area (Å²) in [4.78, 5) is 24.8. The molecule has 21 heavy (non-hydrogen) atoms. The van der Waals surface area contributed by atoms with Crippen LogP contribution >= 0.6 is 0 Å². The number of carbonyl (C=O) groups is 2. The van der Waals surface area contributed by atoms with Crippen LogP contribution in [0.4, 0.5) is 4.79 Å². The SMILES string of the molecule is COC(=O)N1CCC2(CC1)Oc1ccccc1CC2C=O. The highest BCUT2D eigenvalue weighted by Crippen LogP contribution is 2.42. The van der Waals surface area contributed by atoms with Gasteiger partial charge in [-0.2, -0.15) is 0 Å². The lowest BCUT2D eigenvalue weighted by molar-refractivity contribution is -0.123. The van der Waals surface area contributed by atoms with Crippen LogP contribution in [0, 0.1) is 5.92 Å². The van der Waals surface area contributed by atoms with Crippen LogP contribution in [-0.4, -0.2) is 43.1 Å². The van der Waals surface area contributed by atoms with Crippen LogP contribution in [0.25, 0.3) is 0 Å². The Hall–Kier alpha value is -2.04. The molecule has 2 heterocycles. The van der Waals surface area contributed by atoms with Gasteiger partial charge in [0.05, 0.1) is 13.0 Å². The molecule has 112 valence electrons. The van der Waals surface area contributed by atoms with E-state index in [0.29, 0.717) is 32.4 Å². The second-order valence-corrected chi connectivity index (χ2v) is 5.68. The predicted octanol–water partition coefficient (Wildman–Crippen LogP) is 2.04. The fraction of sp³-hybridized carbons (Fsp3) is 0.500. The molecule has 1 spiro atoms. The minimum atomic E-state index is -0.485. The van der Waals surface area contributed by atoms with E-state index in [2.05, 4.69) is 0 Å². The molecule has 1 aromatic rings. The average Bonchev–Trinajstić information content (AvgIpc) is 2.54. The number of aldehydes is 1. The molecule has 0 aromatic heterocycles. The van der Waals surface area contributed by atoms with Crippen molar-refractivity contribution in [3.05, 3.63) is 29.8 Å². The first-order chi connectivity index (χ1) is 10.2. The molecule has 1 amide bonds. The Bertz CT molecular complexity index is 549. The van der Waals surface area contributed by atoms with E-state index in [9.17, 15) is 9.59 Å². The van der Waals surface area contributed by atoms with E-state index in [1.54, 1.807) is 4.90 Å². The summed E-state index contributed by atoms with van der Waals surface area (Å²) >= 11 is 0.